The van der Waals surface area contributed by atoms with Crippen LogP contribution in [-0.2, 0) is 6.54 Å². The Kier molecular flexibility index (Phi) is 5.17. The van der Waals surface area contributed by atoms with Crippen molar-refractivity contribution >= 4 is 33.8 Å². The smallest absolute Gasteiger partial charge is 0.345 e. The Labute approximate surface area is 188 Å². The third-order valence-electron chi connectivity index (χ3n) is 5.27. The maximum Gasteiger partial charge on any atom is 0.345 e. The number of thiophene rings is 1. The SMILES string of the molecule is Cc1ccc(-c2noc(-c3cccc4ccccc34)n2)cc1NCc1ccc(C(=O)O)s1. The number of aromatic carboxylic acids is 1. The minimum absolute atomic E-state index is 0.333. The summed E-state index contributed by atoms with van der Waals surface area (Å²) in [6.45, 7) is 2.55. The zero-order valence-electron chi connectivity index (χ0n) is 17.2. The van der Waals surface area contributed by atoms with E-state index in [4.69, 9.17) is 9.63 Å². The second-order valence-corrected chi connectivity index (χ2v) is 8.57. The van der Waals surface area contributed by atoms with E-state index >= 15 is 0 Å². The van der Waals surface area contributed by atoms with Crippen molar-refractivity contribution in [1.29, 1.82) is 0 Å². The van der Waals surface area contributed by atoms with Crippen LogP contribution in [0.3, 0.4) is 0 Å². The standard InChI is InChI=1S/C25H19N3O3S/c1-15-9-10-17(13-21(15)26-14-18-11-12-22(32-18)25(29)30)23-27-24(31-28-23)20-8-4-6-16-5-2-3-7-19(16)20/h2-13,26H,14H2,1H3,(H,29,30). The number of carboxylic acid groups (broad SMARTS) is 1. The summed E-state index contributed by atoms with van der Waals surface area (Å²) in [7, 11) is 0. The molecule has 32 heavy (non-hydrogen) atoms. The van der Waals surface area contributed by atoms with Gasteiger partial charge in [-0.2, -0.15) is 4.98 Å². The topological polar surface area (TPSA) is 88.3 Å². The van der Waals surface area contributed by atoms with Gasteiger partial charge >= 0.3 is 5.97 Å². The van der Waals surface area contributed by atoms with Crippen LogP contribution in [0.2, 0.25) is 0 Å². The van der Waals surface area contributed by atoms with E-state index in [9.17, 15) is 4.79 Å². The molecule has 0 aliphatic heterocycles. The van der Waals surface area contributed by atoms with Crippen LogP contribution in [0, 0.1) is 6.92 Å². The Morgan fingerprint density at radius 2 is 1.91 bits per heavy atom. The van der Waals surface area contributed by atoms with Gasteiger partial charge in [0.15, 0.2) is 0 Å². The molecule has 5 aromatic rings. The Morgan fingerprint density at radius 1 is 1.06 bits per heavy atom. The molecule has 0 aliphatic rings. The van der Waals surface area contributed by atoms with Gasteiger partial charge in [-0.15, -0.1) is 11.3 Å². The van der Waals surface area contributed by atoms with E-state index in [-0.39, 0.29) is 0 Å². The van der Waals surface area contributed by atoms with E-state index < -0.39 is 5.97 Å². The number of anilines is 1. The molecule has 0 saturated carbocycles. The van der Waals surface area contributed by atoms with E-state index in [0.717, 1.165) is 38.0 Å². The molecule has 0 atom stereocenters. The monoisotopic (exact) mass is 441 g/mol. The average Bonchev–Trinajstić information content (AvgIpc) is 3.48. The second-order valence-electron chi connectivity index (χ2n) is 7.40. The number of nitrogens with one attached hydrogen (secondary N) is 1. The molecule has 158 valence electrons. The molecule has 0 aliphatic carbocycles. The summed E-state index contributed by atoms with van der Waals surface area (Å²) < 4.78 is 5.60. The largest absolute Gasteiger partial charge is 0.477 e. The summed E-state index contributed by atoms with van der Waals surface area (Å²) in [5.74, 6) is 0.0884. The highest BCUT2D eigenvalue weighted by Crippen LogP contribution is 2.30. The van der Waals surface area contributed by atoms with Gasteiger partial charge < -0.3 is 14.9 Å². The molecule has 5 rings (SSSR count). The fourth-order valence-corrected chi connectivity index (χ4v) is 4.37. The van der Waals surface area contributed by atoms with Crippen LogP contribution >= 0.6 is 11.3 Å². The molecule has 2 aromatic heterocycles. The molecule has 0 unspecified atom stereocenters. The van der Waals surface area contributed by atoms with Crippen LogP contribution in [-0.4, -0.2) is 21.2 Å². The number of carboxylic acids is 1. The Balaban J connectivity index is 1.41. The predicted molar refractivity (Wildman–Crippen MR) is 126 cm³/mol. The highest BCUT2D eigenvalue weighted by molar-refractivity contribution is 7.13. The summed E-state index contributed by atoms with van der Waals surface area (Å²) in [5.41, 5.74) is 3.75. The van der Waals surface area contributed by atoms with Crippen LogP contribution in [0.15, 0.2) is 77.3 Å². The highest BCUT2D eigenvalue weighted by Gasteiger charge is 2.14. The van der Waals surface area contributed by atoms with Crippen molar-refractivity contribution in [1.82, 2.24) is 10.1 Å². The lowest BCUT2D eigenvalue weighted by Crippen LogP contribution is -2.00. The number of rotatable bonds is 6. The van der Waals surface area contributed by atoms with Crippen molar-refractivity contribution in [3.05, 3.63) is 88.1 Å². The van der Waals surface area contributed by atoms with Gasteiger partial charge in [-0.3, -0.25) is 0 Å². The fraction of sp³-hybridized carbons (Fsp3) is 0.0800. The second kappa shape index (κ2) is 8.28. The first kappa shape index (κ1) is 20.0. The van der Waals surface area contributed by atoms with E-state index in [2.05, 4.69) is 27.6 Å². The first-order valence-corrected chi connectivity index (χ1v) is 10.9. The minimum Gasteiger partial charge on any atom is -0.477 e. The summed E-state index contributed by atoms with van der Waals surface area (Å²) in [6, 6.07) is 23.5. The Hall–Kier alpha value is -3.97. The fourth-order valence-electron chi connectivity index (χ4n) is 3.58. The van der Waals surface area contributed by atoms with Gasteiger partial charge in [0.05, 0.1) is 0 Å². The summed E-state index contributed by atoms with van der Waals surface area (Å²) >= 11 is 1.27. The van der Waals surface area contributed by atoms with Crippen molar-refractivity contribution in [2.24, 2.45) is 0 Å². The Morgan fingerprint density at radius 3 is 2.75 bits per heavy atom. The van der Waals surface area contributed by atoms with Crippen molar-refractivity contribution in [3.63, 3.8) is 0 Å². The molecule has 0 spiro atoms. The van der Waals surface area contributed by atoms with Crippen molar-refractivity contribution in [2.45, 2.75) is 13.5 Å². The minimum atomic E-state index is -0.904. The molecule has 0 amide bonds. The van der Waals surface area contributed by atoms with Gasteiger partial charge in [-0.05, 0) is 47.5 Å². The number of hydrogen-bond acceptors (Lipinski definition) is 6. The summed E-state index contributed by atoms with van der Waals surface area (Å²) in [5, 5.41) is 18.9. The molecule has 6 nitrogen and oxygen atoms in total. The molecular weight excluding hydrogens is 422 g/mol. The lowest BCUT2D eigenvalue weighted by atomic mass is 10.0. The third-order valence-corrected chi connectivity index (χ3v) is 6.34. The first-order valence-electron chi connectivity index (χ1n) is 10.1. The van der Waals surface area contributed by atoms with E-state index in [0.29, 0.717) is 23.1 Å². The van der Waals surface area contributed by atoms with Gasteiger partial charge in [-0.1, -0.05) is 53.7 Å². The van der Waals surface area contributed by atoms with Crippen LogP contribution < -0.4 is 5.32 Å². The molecule has 3 aromatic carbocycles. The summed E-state index contributed by atoms with van der Waals surface area (Å²) in [6.07, 6.45) is 0. The molecule has 0 bridgehead atoms. The number of benzene rings is 3. The molecule has 0 saturated heterocycles. The first-order chi connectivity index (χ1) is 15.6. The van der Waals surface area contributed by atoms with E-state index in [1.807, 2.05) is 61.5 Å². The number of carbonyl (C=O) groups is 1. The number of aryl methyl sites for hydroxylation is 1. The van der Waals surface area contributed by atoms with E-state index in [1.54, 1.807) is 6.07 Å². The zero-order valence-corrected chi connectivity index (χ0v) is 18.0. The van der Waals surface area contributed by atoms with Crippen molar-refractivity contribution < 1.29 is 14.4 Å². The lowest BCUT2D eigenvalue weighted by molar-refractivity contribution is 0.0702. The molecule has 0 fully saturated rings. The maximum absolute atomic E-state index is 11.1. The van der Waals surface area contributed by atoms with Crippen molar-refractivity contribution in [3.8, 4) is 22.8 Å². The number of aromatic nitrogens is 2. The van der Waals surface area contributed by atoms with Gasteiger partial charge in [0.25, 0.3) is 5.89 Å². The van der Waals surface area contributed by atoms with Gasteiger partial charge in [0, 0.05) is 28.2 Å². The maximum atomic E-state index is 11.1. The summed E-state index contributed by atoms with van der Waals surface area (Å²) in [4.78, 5) is 17.0. The Bertz CT molecular complexity index is 1430. The normalized spacial score (nSPS) is 11.0. The molecule has 0 radical (unpaired) electrons. The highest BCUT2D eigenvalue weighted by atomic mass is 32.1. The van der Waals surface area contributed by atoms with Crippen LogP contribution in [0.1, 0.15) is 20.1 Å². The molecule has 7 heteroatoms. The van der Waals surface area contributed by atoms with Crippen LogP contribution in [0.5, 0.6) is 0 Å². The van der Waals surface area contributed by atoms with Crippen LogP contribution in [0.25, 0.3) is 33.6 Å². The molecule has 2 heterocycles. The number of fused-ring (bicyclic) bond motifs is 1. The van der Waals surface area contributed by atoms with Gasteiger partial charge in [-0.25, -0.2) is 4.79 Å². The van der Waals surface area contributed by atoms with Gasteiger partial charge in [0.1, 0.15) is 4.88 Å². The molecule has 2 N–H and O–H groups in total. The quantitative estimate of drug-likeness (QED) is 0.324. The lowest BCUT2D eigenvalue weighted by Gasteiger charge is -2.09. The predicted octanol–water partition coefficient (Wildman–Crippen LogP) is 6.24. The van der Waals surface area contributed by atoms with Crippen LogP contribution in [0.4, 0.5) is 5.69 Å². The average molecular weight is 442 g/mol. The van der Waals surface area contributed by atoms with Gasteiger partial charge in [0.2, 0.25) is 5.82 Å². The molecular formula is C25H19N3O3S. The zero-order chi connectivity index (χ0) is 22.1. The number of hydrogen-bond donors (Lipinski definition) is 2. The number of nitrogens with zero attached hydrogens (tertiary/aromatic N) is 2. The third kappa shape index (κ3) is 3.86. The van der Waals surface area contributed by atoms with E-state index in [1.165, 1.54) is 11.3 Å². The van der Waals surface area contributed by atoms with Crippen molar-refractivity contribution in [2.75, 3.05) is 5.32 Å².